The summed E-state index contributed by atoms with van der Waals surface area (Å²) < 4.78 is 0. The maximum Gasteiger partial charge on any atom is 0.336 e. The van der Waals surface area contributed by atoms with Crippen molar-refractivity contribution in [2.45, 2.75) is 0 Å². The molecule has 0 heterocycles. The van der Waals surface area contributed by atoms with Gasteiger partial charge in [-0.25, -0.2) is 4.79 Å². The maximum absolute atomic E-state index is 12.4. The zero-order valence-electron chi connectivity index (χ0n) is 12.3. The molecule has 0 aliphatic rings. The van der Waals surface area contributed by atoms with Crippen LogP contribution in [0.2, 0.25) is 0 Å². The monoisotopic (exact) mass is 302 g/mol. The molecule has 0 bridgehead atoms. The lowest BCUT2D eigenvalue weighted by atomic mass is 9.96. The number of carbonyl (C=O) groups is 2. The van der Waals surface area contributed by atoms with E-state index in [2.05, 4.69) is 0 Å². The Labute approximate surface area is 133 Å². The van der Waals surface area contributed by atoms with Crippen molar-refractivity contribution in [1.29, 1.82) is 0 Å². The van der Waals surface area contributed by atoms with E-state index in [1.807, 2.05) is 18.2 Å². The van der Waals surface area contributed by atoms with Crippen LogP contribution in [0.15, 0.2) is 78.9 Å². The van der Waals surface area contributed by atoms with E-state index in [-0.39, 0.29) is 11.3 Å². The molecule has 3 aromatic rings. The van der Waals surface area contributed by atoms with Gasteiger partial charge in [0.1, 0.15) is 0 Å². The van der Waals surface area contributed by atoms with Crippen molar-refractivity contribution >= 4 is 11.8 Å². The fourth-order valence-electron chi connectivity index (χ4n) is 2.48. The molecule has 3 rings (SSSR count). The lowest BCUT2D eigenvalue weighted by Crippen LogP contribution is -2.01. The van der Waals surface area contributed by atoms with Gasteiger partial charge in [0.15, 0.2) is 5.78 Å². The van der Waals surface area contributed by atoms with Crippen LogP contribution >= 0.6 is 0 Å². The number of ketones is 1. The molecule has 0 fully saturated rings. The number of hydrogen-bond donors (Lipinski definition) is 1. The molecule has 0 amide bonds. The molecule has 1 N–H and O–H groups in total. The number of carboxylic acid groups (broad SMARTS) is 1. The summed E-state index contributed by atoms with van der Waals surface area (Å²) in [6.45, 7) is 0. The molecule has 0 saturated carbocycles. The van der Waals surface area contributed by atoms with Crippen molar-refractivity contribution in [3.63, 3.8) is 0 Å². The average Bonchev–Trinajstić information content (AvgIpc) is 2.62. The Morgan fingerprint density at radius 1 is 0.652 bits per heavy atom. The fraction of sp³-hybridized carbons (Fsp3) is 0. The fourth-order valence-corrected chi connectivity index (χ4v) is 2.48. The zero-order chi connectivity index (χ0) is 16.2. The van der Waals surface area contributed by atoms with Gasteiger partial charge in [-0.3, -0.25) is 4.79 Å². The lowest BCUT2D eigenvalue weighted by Gasteiger charge is -2.07. The highest BCUT2D eigenvalue weighted by atomic mass is 16.4. The number of carboxylic acids is 1. The highest BCUT2D eigenvalue weighted by molar-refractivity contribution is 6.09. The summed E-state index contributed by atoms with van der Waals surface area (Å²) in [5.41, 5.74) is 2.86. The van der Waals surface area contributed by atoms with Crippen molar-refractivity contribution < 1.29 is 14.7 Å². The van der Waals surface area contributed by atoms with Gasteiger partial charge in [0.25, 0.3) is 0 Å². The first-order chi connectivity index (χ1) is 11.2. The Morgan fingerprint density at radius 3 is 1.87 bits per heavy atom. The summed E-state index contributed by atoms with van der Waals surface area (Å²) in [6.07, 6.45) is 0. The Morgan fingerprint density at radius 2 is 1.22 bits per heavy atom. The van der Waals surface area contributed by atoms with E-state index >= 15 is 0 Å². The minimum absolute atomic E-state index is 0.0522. The predicted molar refractivity (Wildman–Crippen MR) is 88.7 cm³/mol. The van der Waals surface area contributed by atoms with Gasteiger partial charge in [0, 0.05) is 11.1 Å². The molecule has 3 aromatic carbocycles. The smallest absolute Gasteiger partial charge is 0.336 e. The average molecular weight is 302 g/mol. The second-order valence-corrected chi connectivity index (χ2v) is 5.12. The van der Waals surface area contributed by atoms with Crippen molar-refractivity contribution in [3.05, 3.63) is 95.6 Å². The summed E-state index contributed by atoms with van der Waals surface area (Å²) in [7, 11) is 0. The van der Waals surface area contributed by atoms with Gasteiger partial charge in [-0.2, -0.15) is 0 Å². The molecular formula is C20H14O3. The summed E-state index contributed by atoms with van der Waals surface area (Å²) in [6, 6.07) is 22.9. The summed E-state index contributed by atoms with van der Waals surface area (Å²) in [5.74, 6) is -1.02. The van der Waals surface area contributed by atoms with Gasteiger partial charge in [0.05, 0.1) is 5.56 Å². The minimum Gasteiger partial charge on any atom is -0.478 e. The van der Waals surface area contributed by atoms with E-state index in [9.17, 15) is 14.7 Å². The van der Waals surface area contributed by atoms with Gasteiger partial charge in [0.2, 0.25) is 0 Å². The van der Waals surface area contributed by atoms with Gasteiger partial charge in [-0.05, 0) is 17.2 Å². The number of aromatic carboxylic acids is 1. The third-order valence-electron chi connectivity index (χ3n) is 3.65. The molecule has 0 aliphatic carbocycles. The molecule has 3 nitrogen and oxygen atoms in total. The summed E-state index contributed by atoms with van der Waals surface area (Å²) >= 11 is 0. The molecule has 0 aromatic heterocycles. The van der Waals surface area contributed by atoms with Gasteiger partial charge < -0.3 is 5.11 Å². The zero-order valence-corrected chi connectivity index (χ0v) is 12.3. The van der Waals surface area contributed by atoms with Crippen molar-refractivity contribution in [3.8, 4) is 11.1 Å². The lowest BCUT2D eigenvalue weighted by molar-refractivity contribution is 0.0697. The number of benzene rings is 3. The van der Waals surface area contributed by atoms with Crippen LogP contribution in [0.25, 0.3) is 11.1 Å². The van der Waals surface area contributed by atoms with E-state index in [4.69, 9.17) is 0 Å². The van der Waals surface area contributed by atoms with Crippen LogP contribution in [-0.4, -0.2) is 16.9 Å². The second kappa shape index (κ2) is 6.28. The van der Waals surface area contributed by atoms with Crippen LogP contribution in [0, 0.1) is 0 Å². The Hall–Kier alpha value is -3.20. The van der Waals surface area contributed by atoms with E-state index < -0.39 is 5.97 Å². The van der Waals surface area contributed by atoms with Crippen LogP contribution in [0.5, 0.6) is 0 Å². The number of hydrogen-bond acceptors (Lipinski definition) is 2. The first-order valence-electron chi connectivity index (χ1n) is 7.19. The third kappa shape index (κ3) is 3.04. The first-order valence-corrected chi connectivity index (χ1v) is 7.19. The molecular weight excluding hydrogens is 288 g/mol. The molecule has 0 spiro atoms. The maximum atomic E-state index is 12.4. The predicted octanol–water partition coefficient (Wildman–Crippen LogP) is 4.28. The van der Waals surface area contributed by atoms with E-state index in [1.54, 1.807) is 60.7 Å². The highest BCUT2D eigenvalue weighted by Crippen LogP contribution is 2.24. The number of carbonyl (C=O) groups excluding carboxylic acids is 1. The normalized spacial score (nSPS) is 10.3. The van der Waals surface area contributed by atoms with E-state index in [0.29, 0.717) is 16.7 Å². The standard InChI is InChI=1S/C20H14O3/c21-19(15-6-2-1-3-7-15)16-12-10-14(11-13-16)17-8-4-5-9-18(17)20(22)23/h1-13H,(H,22,23). The SMILES string of the molecule is O=C(c1ccccc1)c1ccc(-c2ccccc2C(=O)O)cc1. The number of rotatable bonds is 4. The van der Waals surface area contributed by atoms with Crippen LogP contribution in [-0.2, 0) is 0 Å². The Bertz CT molecular complexity index is 850. The summed E-state index contributed by atoms with van der Waals surface area (Å²) in [5, 5.41) is 9.26. The van der Waals surface area contributed by atoms with Crippen molar-refractivity contribution in [2.75, 3.05) is 0 Å². The van der Waals surface area contributed by atoms with Crippen LogP contribution in [0.3, 0.4) is 0 Å². The molecule has 0 radical (unpaired) electrons. The third-order valence-corrected chi connectivity index (χ3v) is 3.65. The molecule has 112 valence electrons. The van der Waals surface area contributed by atoms with Crippen molar-refractivity contribution in [2.24, 2.45) is 0 Å². The van der Waals surface area contributed by atoms with Gasteiger partial charge in [-0.15, -0.1) is 0 Å². The Balaban J connectivity index is 1.95. The van der Waals surface area contributed by atoms with Crippen LogP contribution < -0.4 is 0 Å². The molecule has 0 atom stereocenters. The largest absolute Gasteiger partial charge is 0.478 e. The van der Waals surface area contributed by atoms with Gasteiger partial charge in [-0.1, -0.05) is 72.8 Å². The minimum atomic E-state index is -0.968. The summed E-state index contributed by atoms with van der Waals surface area (Å²) in [4.78, 5) is 23.7. The van der Waals surface area contributed by atoms with Gasteiger partial charge >= 0.3 is 5.97 Å². The molecule has 0 unspecified atom stereocenters. The Kier molecular flexibility index (Phi) is 4.02. The quantitative estimate of drug-likeness (QED) is 0.732. The van der Waals surface area contributed by atoms with Crippen molar-refractivity contribution in [1.82, 2.24) is 0 Å². The van der Waals surface area contributed by atoms with E-state index in [1.165, 1.54) is 0 Å². The molecule has 3 heteroatoms. The molecule has 0 saturated heterocycles. The van der Waals surface area contributed by atoms with Crippen LogP contribution in [0.4, 0.5) is 0 Å². The second-order valence-electron chi connectivity index (χ2n) is 5.12. The molecule has 23 heavy (non-hydrogen) atoms. The van der Waals surface area contributed by atoms with E-state index in [0.717, 1.165) is 5.56 Å². The molecule has 0 aliphatic heterocycles. The van der Waals surface area contributed by atoms with Crippen LogP contribution in [0.1, 0.15) is 26.3 Å². The topological polar surface area (TPSA) is 54.4 Å². The highest BCUT2D eigenvalue weighted by Gasteiger charge is 2.12. The first kappa shape index (κ1) is 14.7.